The number of ketones is 2. The first-order valence-corrected chi connectivity index (χ1v) is 19.6. The first-order valence-electron chi connectivity index (χ1n) is 18.1. The SMILES string of the molecule is CCCCC(CC)COC(=O)CC(C(=O)OCC(CC)CCCC)S(=O)(=O)O.CCCCCCCCCCC(C(C)=O)(C(C)=O)C(=O)O.[H-].[Na+].[SnH2]. The first-order chi connectivity index (χ1) is 22.6. The van der Waals surface area contributed by atoms with Crippen molar-refractivity contribution in [2.24, 2.45) is 17.3 Å². The zero-order valence-corrected chi connectivity index (χ0v) is 39.4. The van der Waals surface area contributed by atoms with Gasteiger partial charge in [0.2, 0.25) is 0 Å². The Balaban J connectivity index is -0.000000274. The van der Waals surface area contributed by atoms with E-state index in [-0.39, 0.29) is 86.4 Å². The number of carboxylic acids is 1. The van der Waals surface area contributed by atoms with Gasteiger partial charge in [0, 0.05) is 0 Å². The predicted molar refractivity (Wildman–Crippen MR) is 197 cm³/mol. The Hall–Kier alpha value is -0.541. The van der Waals surface area contributed by atoms with Gasteiger partial charge in [0.25, 0.3) is 10.1 Å². The van der Waals surface area contributed by atoms with E-state index < -0.39 is 56.7 Å². The minimum absolute atomic E-state index is 0. The van der Waals surface area contributed by atoms with Gasteiger partial charge in [-0.05, 0) is 44.9 Å². The van der Waals surface area contributed by atoms with Crippen LogP contribution in [0, 0.1) is 17.3 Å². The van der Waals surface area contributed by atoms with Crippen LogP contribution >= 0.6 is 0 Å². The molecule has 0 aliphatic heterocycles. The number of aliphatic carboxylic acids is 1. The molecule has 2 N–H and O–H groups in total. The molecule has 0 amide bonds. The van der Waals surface area contributed by atoms with Crippen molar-refractivity contribution in [3.05, 3.63) is 0 Å². The molecule has 0 fully saturated rings. The molecule has 0 bridgehead atoms. The summed E-state index contributed by atoms with van der Waals surface area (Å²) in [7, 11) is -4.76. The van der Waals surface area contributed by atoms with Crippen LogP contribution in [0.5, 0.6) is 0 Å². The maximum absolute atomic E-state index is 12.2. The van der Waals surface area contributed by atoms with Crippen LogP contribution in [0.1, 0.15) is 165 Å². The van der Waals surface area contributed by atoms with Crippen LogP contribution in [0.25, 0.3) is 0 Å². The van der Waals surface area contributed by atoms with Crippen LogP contribution in [-0.2, 0) is 43.6 Å². The third-order valence-corrected chi connectivity index (χ3v) is 10.1. The van der Waals surface area contributed by atoms with Crippen molar-refractivity contribution in [2.75, 3.05) is 13.2 Å². The van der Waals surface area contributed by atoms with Crippen molar-refractivity contribution in [2.45, 2.75) is 169 Å². The molecule has 14 heteroatoms. The van der Waals surface area contributed by atoms with Crippen molar-refractivity contribution in [1.29, 1.82) is 0 Å². The van der Waals surface area contributed by atoms with E-state index in [0.717, 1.165) is 70.6 Å². The number of carbonyl (C=O) groups excluding carboxylic acids is 4. The Bertz CT molecular complexity index is 1020. The number of carbonyl (C=O) groups is 5. The molecular formula is C36H69NaO11SSn. The third kappa shape index (κ3) is 24.7. The number of esters is 2. The Labute approximate surface area is 343 Å². The van der Waals surface area contributed by atoms with Gasteiger partial charge in [-0.2, -0.15) is 8.42 Å². The second-order valence-electron chi connectivity index (χ2n) is 12.9. The molecule has 0 aromatic rings. The zero-order valence-electron chi connectivity index (χ0n) is 33.6. The van der Waals surface area contributed by atoms with Crippen molar-refractivity contribution in [1.82, 2.24) is 0 Å². The molecule has 0 saturated carbocycles. The molecule has 0 aliphatic rings. The molecule has 0 aromatic carbocycles. The Morgan fingerprint density at radius 1 is 0.680 bits per heavy atom. The quantitative estimate of drug-likeness (QED) is 0.0381. The molecule has 0 heterocycles. The number of Topliss-reactive ketones (excluding diaryl/α,β-unsaturated/α-hetero) is 2. The molecule has 0 saturated heterocycles. The van der Waals surface area contributed by atoms with E-state index in [1.165, 1.54) is 39.5 Å². The van der Waals surface area contributed by atoms with Crippen LogP contribution in [0.15, 0.2) is 0 Å². The second kappa shape index (κ2) is 33.1. The first kappa shape index (κ1) is 56.2. The molecule has 2 radical (unpaired) electrons. The van der Waals surface area contributed by atoms with Gasteiger partial charge in [-0.1, -0.05) is 125 Å². The standard InChI is InChI=1S/C20H38O7S.C16H28O4.Na.Sn.3H/c1-5-9-11-16(7-3)14-26-19(21)13-18(28(23,24)25)20(22)27-15-17(8-4)12-10-6-2;1-4-5-6-7-8-9-10-11-12-16(13(2)17,14(3)18)15(19)20;;;;;/h16-18H,5-15H2,1-4H3,(H,23,24,25);4-12H2,1-3H3,(H,19,20);;;;;/q;;+1;;;;-1. The second-order valence-corrected chi connectivity index (χ2v) is 14.5. The van der Waals surface area contributed by atoms with Gasteiger partial charge in [0.05, 0.1) is 19.6 Å². The number of carboxylic acid groups (broad SMARTS) is 1. The topological polar surface area (TPSA) is 178 Å². The van der Waals surface area contributed by atoms with Crippen molar-refractivity contribution < 1.29 is 82.5 Å². The molecule has 0 aliphatic carbocycles. The number of hydrogen-bond acceptors (Lipinski definition) is 9. The molecule has 50 heavy (non-hydrogen) atoms. The van der Waals surface area contributed by atoms with Gasteiger partial charge in [0.15, 0.2) is 22.2 Å². The van der Waals surface area contributed by atoms with E-state index >= 15 is 0 Å². The summed E-state index contributed by atoms with van der Waals surface area (Å²) in [6, 6.07) is 0. The van der Waals surface area contributed by atoms with Crippen molar-refractivity contribution >= 4 is 63.5 Å². The Morgan fingerprint density at radius 2 is 1.08 bits per heavy atom. The average Bonchev–Trinajstić information content (AvgIpc) is 3.02. The summed E-state index contributed by atoms with van der Waals surface area (Å²) in [5, 5.41) is 7.28. The Kier molecular flexibility index (Phi) is 37.2. The summed E-state index contributed by atoms with van der Waals surface area (Å²) < 4.78 is 42.8. The minimum atomic E-state index is -4.76. The van der Waals surface area contributed by atoms with E-state index in [2.05, 4.69) is 20.8 Å². The van der Waals surface area contributed by atoms with Crippen LogP contribution < -0.4 is 29.6 Å². The molecule has 0 rings (SSSR count). The summed E-state index contributed by atoms with van der Waals surface area (Å²) >= 11 is 0. The molecule has 3 atom stereocenters. The number of ether oxygens (including phenoxy) is 2. The van der Waals surface area contributed by atoms with Gasteiger partial charge < -0.3 is 16.0 Å². The maximum atomic E-state index is 12.2. The molecule has 0 aromatic heterocycles. The van der Waals surface area contributed by atoms with Gasteiger partial charge in [-0.3, -0.25) is 28.5 Å². The fourth-order valence-electron chi connectivity index (χ4n) is 5.35. The third-order valence-electron chi connectivity index (χ3n) is 8.97. The van der Waals surface area contributed by atoms with Crippen molar-refractivity contribution in [3.63, 3.8) is 0 Å². The van der Waals surface area contributed by atoms with E-state index in [9.17, 15) is 42.0 Å². The monoisotopic (exact) mass is 852 g/mol. The van der Waals surface area contributed by atoms with Crippen LogP contribution in [-0.4, -0.2) is 89.9 Å². The molecule has 3 unspecified atom stereocenters. The van der Waals surface area contributed by atoms with Crippen LogP contribution in [0.2, 0.25) is 0 Å². The van der Waals surface area contributed by atoms with E-state index in [1.54, 1.807) is 0 Å². The van der Waals surface area contributed by atoms with E-state index in [0.29, 0.717) is 6.42 Å². The van der Waals surface area contributed by atoms with Gasteiger partial charge in [-0.25, -0.2) is 0 Å². The molecule has 0 spiro atoms. The summed E-state index contributed by atoms with van der Waals surface area (Å²) in [6.45, 7) is 12.9. The molecular weight excluding hydrogens is 782 g/mol. The van der Waals surface area contributed by atoms with Gasteiger partial charge in [0.1, 0.15) is 0 Å². The number of hydrogen-bond donors (Lipinski definition) is 2. The van der Waals surface area contributed by atoms with Gasteiger partial charge >= 0.3 is 71.4 Å². The van der Waals surface area contributed by atoms with E-state index in [4.69, 9.17) is 9.47 Å². The summed E-state index contributed by atoms with van der Waals surface area (Å²) in [5.41, 5.74) is -1.82. The van der Waals surface area contributed by atoms with Crippen LogP contribution in [0.3, 0.4) is 0 Å². The molecule has 290 valence electrons. The summed E-state index contributed by atoms with van der Waals surface area (Å²) in [6.07, 6.45) is 15.5. The van der Waals surface area contributed by atoms with E-state index in [1.807, 2.05) is 13.8 Å². The molecule has 11 nitrogen and oxygen atoms in total. The number of unbranched alkanes of at least 4 members (excludes halogenated alkanes) is 9. The van der Waals surface area contributed by atoms with Crippen LogP contribution in [0.4, 0.5) is 0 Å². The van der Waals surface area contributed by atoms with Crippen molar-refractivity contribution in [3.8, 4) is 0 Å². The zero-order chi connectivity index (χ0) is 37.2. The predicted octanol–water partition coefficient (Wildman–Crippen LogP) is 4.12. The average molecular weight is 852 g/mol. The Morgan fingerprint density at radius 3 is 1.44 bits per heavy atom. The normalized spacial score (nSPS) is 12.9. The summed E-state index contributed by atoms with van der Waals surface area (Å²) in [4.78, 5) is 58.7. The summed E-state index contributed by atoms with van der Waals surface area (Å²) in [5.74, 6) is -4.02. The van der Waals surface area contributed by atoms with Gasteiger partial charge in [-0.15, -0.1) is 0 Å². The fourth-order valence-corrected chi connectivity index (χ4v) is 6.01. The fraction of sp³-hybridized carbons (Fsp3) is 0.861. The number of rotatable bonds is 28.